The molecule has 0 fully saturated rings. The second kappa shape index (κ2) is 4.94. The Hall–Kier alpha value is -1.00. The summed E-state index contributed by atoms with van der Waals surface area (Å²) < 4.78 is 0.861. The number of aliphatic hydroxyl groups is 1. The normalized spacial score (nSPS) is 19.3. The van der Waals surface area contributed by atoms with Gasteiger partial charge in [0, 0.05) is 10.0 Å². The van der Waals surface area contributed by atoms with Gasteiger partial charge in [0.1, 0.15) is 5.76 Å². The molecule has 1 aromatic rings. The number of aliphatic hydroxyl groups excluding tert-OH is 1. The highest BCUT2D eigenvalue weighted by Crippen LogP contribution is 2.35. The van der Waals surface area contributed by atoms with Gasteiger partial charge in [-0.25, -0.2) is 0 Å². The van der Waals surface area contributed by atoms with Crippen LogP contribution in [0.4, 0.5) is 0 Å². The van der Waals surface area contributed by atoms with Crippen molar-refractivity contribution in [3.8, 4) is 0 Å². The van der Waals surface area contributed by atoms with Crippen LogP contribution < -0.4 is 5.32 Å². The van der Waals surface area contributed by atoms with E-state index in [2.05, 4.69) is 21.2 Å². The molecule has 0 saturated heterocycles. The van der Waals surface area contributed by atoms with Gasteiger partial charge in [0.2, 0.25) is 0 Å². The van der Waals surface area contributed by atoms with Gasteiger partial charge in [-0.2, -0.15) is 0 Å². The standard InChI is InChI=1S/C13H13BrClNO2/c1-3-7-4-8(14)5-9(15)10(7)11-12(17)6(2)16-13(11)18/h4-6,17H,3H2,1-2H3,(H,16,18). The van der Waals surface area contributed by atoms with Crippen LogP contribution >= 0.6 is 27.5 Å². The Morgan fingerprint density at radius 2 is 2.17 bits per heavy atom. The molecule has 1 atom stereocenters. The van der Waals surface area contributed by atoms with E-state index in [0.29, 0.717) is 10.6 Å². The van der Waals surface area contributed by atoms with Gasteiger partial charge >= 0.3 is 0 Å². The van der Waals surface area contributed by atoms with Crippen molar-refractivity contribution in [2.75, 3.05) is 0 Å². The van der Waals surface area contributed by atoms with E-state index in [9.17, 15) is 9.90 Å². The zero-order chi connectivity index (χ0) is 13.4. The number of hydrogen-bond acceptors (Lipinski definition) is 2. The zero-order valence-electron chi connectivity index (χ0n) is 10.1. The van der Waals surface area contributed by atoms with Gasteiger partial charge < -0.3 is 10.4 Å². The molecular formula is C13H13BrClNO2. The van der Waals surface area contributed by atoms with Crippen LogP contribution in [0.25, 0.3) is 5.57 Å². The number of halogens is 2. The van der Waals surface area contributed by atoms with Gasteiger partial charge in [0.25, 0.3) is 5.91 Å². The van der Waals surface area contributed by atoms with E-state index < -0.39 is 0 Å². The molecule has 1 aromatic carbocycles. The van der Waals surface area contributed by atoms with Crippen molar-refractivity contribution in [3.05, 3.63) is 38.5 Å². The number of aryl methyl sites for hydroxylation is 1. The molecule has 1 amide bonds. The number of rotatable bonds is 2. The van der Waals surface area contributed by atoms with Crippen molar-refractivity contribution in [2.24, 2.45) is 0 Å². The minimum absolute atomic E-state index is 0.0546. The quantitative estimate of drug-likeness (QED) is 0.872. The van der Waals surface area contributed by atoms with E-state index in [4.69, 9.17) is 11.6 Å². The summed E-state index contributed by atoms with van der Waals surface area (Å²) >= 11 is 9.59. The summed E-state index contributed by atoms with van der Waals surface area (Å²) in [7, 11) is 0. The molecule has 2 rings (SSSR count). The van der Waals surface area contributed by atoms with Crippen LogP contribution in [0, 0.1) is 0 Å². The van der Waals surface area contributed by atoms with Crippen LogP contribution in [0.1, 0.15) is 25.0 Å². The fourth-order valence-corrected chi connectivity index (χ4v) is 3.07. The first-order valence-corrected chi connectivity index (χ1v) is 6.85. The van der Waals surface area contributed by atoms with Crippen molar-refractivity contribution in [1.29, 1.82) is 0 Å². The Morgan fingerprint density at radius 1 is 1.50 bits per heavy atom. The number of amides is 1. The Bertz CT molecular complexity index is 554. The van der Waals surface area contributed by atoms with E-state index in [1.807, 2.05) is 13.0 Å². The third kappa shape index (κ3) is 2.15. The molecule has 0 aliphatic carbocycles. The fourth-order valence-electron chi connectivity index (χ4n) is 2.10. The van der Waals surface area contributed by atoms with Crippen LogP contribution in [-0.2, 0) is 11.2 Å². The molecule has 0 bridgehead atoms. The SMILES string of the molecule is CCc1cc(Br)cc(Cl)c1C1=C(O)C(C)NC1=O. The van der Waals surface area contributed by atoms with Crippen molar-refractivity contribution >= 4 is 39.0 Å². The van der Waals surface area contributed by atoms with Gasteiger partial charge in [0.05, 0.1) is 16.6 Å². The highest BCUT2D eigenvalue weighted by molar-refractivity contribution is 9.10. The summed E-state index contributed by atoms with van der Waals surface area (Å²) in [4.78, 5) is 11.9. The van der Waals surface area contributed by atoms with E-state index in [1.165, 1.54) is 0 Å². The van der Waals surface area contributed by atoms with Gasteiger partial charge in [-0.3, -0.25) is 4.79 Å². The Labute approximate surface area is 119 Å². The Morgan fingerprint density at radius 3 is 2.67 bits per heavy atom. The van der Waals surface area contributed by atoms with Gasteiger partial charge in [-0.15, -0.1) is 0 Å². The van der Waals surface area contributed by atoms with E-state index in [1.54, 1.807) is 13.0 Å². The van der Waals surface area contributed by atoms with Crippen molar-refractivity contribution in [2.45, 2.75) is 26.3 Å². The summed E-state index contributed by atoms with van der Waals surface area (Å²) in [6.07, 6.45) is 0.729. The predicted octanol–water partition coefficient (Wildman–Crippen LogP) is 3.45. The molecule has 0 radical (unpaired) electrons. The topological polar surface area (TPSA) is 49.3 Å². The van der Waals surface area contributed by atoms with Gasteiger partial charge in [-0.05, 0) is 31.0 Å². The van der Waals surface area contributed by atoms with E-state index in [0.717, 1.165) is 16.5 Å². The summed E-state index contributed by atoms with van der Waals surface area (Å²) in [6, 6.07) is 3.28. The van der Waals surface area contributed by atoms with Crippen LogP contribution in [0.15, 0.2) is 22.4 Å². The van der Waals surface area contributed by atoms with Crippen LogP contribution in [0.5, 0.6) is 0 Å². The number of hydrogen-bond donors (Lipinski definition) is 2. The summed E-state index contributed by atoms with van der Waals surface area (Å²) in [5.74, 6) is -0.224. The molecule has 2 N–H and O–H groups in total. The van der Waals surface area contributed by atoms with Crippen LogP contribution in [0.3, 0.4) is 0 Å². The van der Waals surface area contributed by atoms with Gasteiger partial charge in [0.15, 0.2) is 0 Å². The highest BCUT2D eigenvalue weighted by atomic mass is 79.9. The maximum Gasteiger partial charge on any atom is 0.256 e. The second-order valence-corrected chi connectivity index (χ2v) is 5.55. The monoisotopic (exact) mass is 329 g/mol. The first-order chi connectivity index (χ1) is 8.45. The molecule has 1 heterocycles. The fraction of sp³-hybridized carbons (Fsp3) is 0.308. The third-order valence-corrected chi connectivity index (χ3v) is 3.76. The number of benzene rings is 1. The lowest BCUT2D eigenvalue weighted by atomic mass is 9.97. The van der Waals surface area contributed by atoms with Gasteiger partial charge in [-0.1, -0.05) is 34.5 Å². The first kappa shape index (κ1) is 13.4. The lowest BCUT2D eigenvalue weighted by Gasteiger charge is -2.11. The molecule has 3 nitrogen and oxygen atoms in total. The molecule has 0 spiro atoms. The lowest BCUT2D eigenvalue weighted by Crippen LogP contribution is -2.25. The average molecular weight is 331 g/mol. The molecule has 18 heavy (non-hydrogen) atoms. The van der Waals surface area contributed by atoms with Crippen LogP contribution in [0.2, 0.25) is 5.02 Å². The highest BCUT2D eigenvalue weighted by Gasteiger charge is 2.32. The zero-order valence-corrected chi connectivity index (χ0v) is 12.4. The molecular weight excluding hydrogens is 318 g/mol. The smallest absolute Gasteiger partial charge is 0.256 e. The minimum atomic E-state index is -0.364. The largest absolute Gasteiger partial charge is 0.509 e. The molecule has 0 aromatic heterocycles. The molecule has 96 valence electrons. The Balaban J connectivity index is 2.68. The Kier molecular flexibility index (Phi) is 3.69. The first-order valence-electron chi connectivity index (χ1n) is 5.68. The van der Waals surface area contributed by atoms with Crippen LogP contribution in [-0.4, -0.2) is 17.1 Å². The summed E-state index contributed by atoms with van der Waals surface area (Å²) in [6.45, 7) is 3.72. The molecule has 5 heteroatoms. The second-order valence-electron chi connectivity index (χ2n) is 4.23. The van der Waals surface area contributed by atoms with E-state index in [-0.39, 0.29) is 23.3 Å². The molecule has 0 saturated carbocycles. The van der Waals surface area contributed by atoms with Crippen molar-refractivity contribution in [1.82, 2.24) is 5.32 Å². The molecule has 1 aliphatic rings. The molecule has 1 aliphatic heterocycles. The summed E-state index contributed by atoms with van der Waals surface area (Å²) in [5.41, 5.74) is 1.85. The number of carbonyl (C=O) groups is 1. The number of nitrogens with one attached hydrogen (secondary N) is 1. The third-order valence-electron chi connectivity index (χ3n) is 3.01. The molecule has 1 unspecified atom stereocenters. The van der Waals surface area contributed by atoms with E-state index >= 15 is 0 Å². The average Bonchev–Trinajstić information content (AvgIpc) is 2.54. The minimum Gasteiger partial charge on any atom is -0.509 e. The summed E-state index contributed by atoms with van der Waals surface area (Å²) in [5, 5.41) is 13.2. The maximum atomic E-state index is 11.9. The lowest BCUT2D eigenvalue weighted by molar-refractivity contribution is -0.115. The number of carbonyl (C=O) groups excluding carboxylic acids is 1. The van der Waals surface area contributed by atoms with Crippen molar-refractivity contribution < 1.29 is 9.90 Å². The van der Waals surface area contributed by atoms with Crippen molar-refractivity contribution in [3.63, 3.8) is 0 Å². The maximum absolute atomic E-state index is 11.9. The predicted molar refractivity (Wildman–Crippen MR) is 75.7 cm³/mol.